The Labute approximate surface area is 123 Å². The highest BCUT2D eigenvalue weighted by molar-refractivity contribution is 6.20. The van der Waals surface area contributed by atoms with E-state index in [4.69, 9.17) is 0 Å². The fraction of sp³-hybridized carbons (Fsp3) is 0.714. The highest BCUT2D eigenvalue weighted by Crippen LogP contribution is 2.39. The van der Waals surface area contributed by atoms with Crippen molar-refractivity contribution in [1.29, 1.82) is 0 Å². The number of carbonyl (C=O) groups excluding carboxylic acids is 4. The first-order valence-corrected chi connectivity index (χ1v) is 7.45. The molecule has 116 valence electrons. The van der Waals surface area contributed by atoms with Gasteiger partial charge in [-0.25, -0.2) is 4.79 Å². The van der Waals surface area contributed by atoms with Crippen LogP contribution in [0.4, 0.5) is 4.79 Å². The summed E-state index contributed by atoms with van der Waals surface area (Å²) in [5, 5.41) is 4.85. The van der Waals surface area contributed by atoms with Gasteiger partial charge in [0.1, 0.15) is 12.0 Å². The Morgan fingerprint density at radius 1 is 1.24 bits per heavy atom. The van der Waals surface area contributed by atoms with Gasteiger partial charge in [0, 0.05) is 6.54 Å². The molecule has 2 rings (SSSR count). The van der Waals surface area contributed by atoms with Gasteiger partial charge in [0.15, 0.2) is 0 Å². The summed E-state index contributed by atoms with van der Waals surface area (Å²) in [5.41, 5.74) is -1.16. The number of rotatable bonds is 4. The summed E-state index contributed by atoms with van der Waals surface area (Å²) in [6.45, 7) is 2.07. The number of hydrogen-bond donors (Lipinski definition) is 2. The molecule has 0 atom stereocenters. The van der Waals surface area contributed by atoms with Gasteiger partial charge in [-0.15, -0.1) is 0 Å². The van der Waals surface area contributed by atoms with E-state index in [9.17, 15) is 19.2 Å². The van der Waals surface area contributed by atoms with Crippen molar-refractivity contribution in [2.45, 2.75) is 45.4 Å². The second-order valence-corrected chi connectivity index (χ2v) is 5.64. The zero-order chi connectivity index (χ0) is 15.5. The number of imide groups is 2. The first-order valence-electron chi connectivity index (χ1n) is 7.45. The average molecular weight is 295 g/mol. The molecule has 2 fully saturated rings. The molecule has 1 heterocycles. The van der Waals surface area contributed by atoms with Crippen LogP contribution in [0, 0.1) is 5.41 Å². The van der Waals surface area contributed by atoms with Gasteiger partial charge in [-0.05, 0) is 19.3 Å². The molecule has 0 bridgehead atoms. The third kappa shape index (κ3) is 2.91. The molecule has 7 heteroatoms. The van der Waals surface area contributed by atoms with E-state index in [1.165, 1.54) is 0 Å². The lowest BCUT2D eigenvalue weighted by Gasteiger charge is -2.41. The lowest BCUT2D eigenvalue weighted by Crippen LogP contribution is -2.65. The Balaban J connectivity index is 2.13. The number of nitrogens with one attached hydrogen (secondary N) is 2. The monoisotopic (exact) mass is 295 g/mol. The van der Waals surface area contributed by atoms with Crippen molar-refractivity contribution in [2.75, 3.05) is 13.1 Å². The third-order valence-electron chi connectivity index (χ3n) is 4.14. The van der Waals surface area contributed by atoms with Crippen molar-refractivity contribution < 1.29 is 19.2 Å². The maximum atomic E-state index is 12.6. The molecule has 2 N–H and O–H groups in total. The molecule has 1 saturated carbocycles. The molecule has 21 heavy (non-hydrogen) atoms. The minimum atomic E-state index is -1.16. The SMILES string of the molecule is CCCNC(=O)CN1C(=O)NC(=O)C2(CCCCC2)C1=O. The van der Waals surface area contributed by atoms with E-state index in [-0.39, 0.29) is 12.5 Å². The van der Waals surface area contributed by atoms with Crippen LogP contribution in [0.2, 0.25) is 0 Å². The quantitative estimate of drug-likeness (QED) is 0.740. The Morgan fingerprint density at radius 2 is 1.90 bits per heavy atom. The van der Waals surface area contributed by atoms with Crippen LogP contribution in [-0.4, -0.2) is 41.7 Å². The molecule has 1 aliphatic heterocycles. The van der Waals surface area contributed by atoms with Gasteiger partial charge >= 0.3 is 6.03 Å². The van der Waals surface area contributed by atoms with Gasteiger partial charge in [-0.3, -0.25) is 24.6 Å². The maximum Gasteiger partial charge on any atom is 0.331 e. The average Bonchev–Trinajstić information content (AvgIpc) is 2.49. The van der Waals surface area contributed by atoms with Crippen LogP contribution in [-0.2, 0) is 14.4 Å². The van der Waals surface area contributed by atoms with Gasteiger partial charge in [0.2, 0.25) is 17.7 Å². The lowest BCUT2D eigenvalue weighted by molar-refractivity contribution is -0.155. The number of amides is 5. The van der Waals surface area contributed by atoms with Gasteiger partial charge < -0.3 is 5.32 Å². The summed E-state index contributed by atoms with van der Waals surface area (Å²) in [7, 11) is 0. The predicted molar refractivity (Wildman–Crippen MR) is 74.1 cm³/mol. The number of nitrogens with zero attached hydrogens (tertiary/aromatic N) is 1. The molecular weight excluding hydrogens is 274 g/mol. The number of barbiturate groups is 1. The molecule has 7 nitrogen and oxygen atoms in total. The number of hydrogen-bond acceptors (Lipinski definition) is 4. The number of urea groups is 1. The molecular formula is C14H21N3O4. The van der Waals surface area contributed by atoms with Gasteiger partial charge in [-0.2, -0.15) is 0 Å². The number of carbonyl (C=O) groups is 4. The second kappa shape index (κ2) is 6.24. The molecule has 5 amide bonds. The smallest absolute Gasteiger partial charge is 0.331 e. The van der Waals surface area contributed by atoms with Crippen molar-refractivity contribution in [3.63, 3.8) is 0 Å². The van der Waals surface area contributed by atoms with E-state index in [2.05, 4.69) is 10.6 Å². The fourth-order valence-electron chi connectivity index (χ4n) is 2.94. The van der Waals surface area contributed by atoms with Crippen LogP contribution in [0.3, 0.4) is 0 Å². The van der Waals surface area contributed by atoms with E-state index in [0.29, 0.717) is 19.4 Å². The van der Waals surface area contributed by atoms with Crippen molar-refractivity contribution in [3.8, 4) is 0 Å². The summed E-state index contributed by atoms with van der Waals surface area (Å²) < 4.78 is 0. The van der Waals surface area contributed by atoms with E-state index in [1.54, 1.807) is 0 Å². The molecule has 0 aromatic carbocycles. The molecule has 2 aliphatic rings. The molecule has 0 aromatic heterocycles. The minimum Gasteiger partial charge on any atom is -0.355 e. The topological polar surface area (TPSA) is 95.6 Å². The summed E-state index contributed by atoms with van der Waals surface area (Å²) in [4.78, 5) is 49.2. The van der Waals surface area contributed by atoms with Crippen molar-refractivity contribution in [2.24, 2.45) is 5.41 Å². The van der Waals surface area contributed by atoms with Crippen molar-refractivity contribution >= 4 is 23.8 Å². The highest BCUT2D eigenvalue weighted by atomic mass is 16.2. The molecule has 1 saturated heterocycles. The second-order valence-electron chi connectivity index (χ2n) is 5.64. The normalized spacial score (nSPS) is 21.4. The van der Waals surface area contributed by atoms with Crippen LogP contribution in [0.1, 0.15) is 45.4 Å². The van der Waals surface area contributed by atoms with E-state index in [1.807, 2.05) is 6.92 Å². The Kier molecular flexibility index (Phi) is 4.59. The Bertz CT molecular complexity index is 469. The molecule has 0 radical (unpaired) electrons. The van der Waals surface area contributed by atoms with Crippen LogP contribution in [0.15, 0.2) is 0 Å². The summed E-state index contributed by atoms with van der Waals surface area (Å²) in [6.07, 6.45) is 4.20. The molecule has 1 aliphatic carbocycles. The van der Waals surface area contributed by atoms with Gasteiger partial charge in [0.05, 0.1) is 0 Å². The third-order valence-corrected chi connectivity index (χ3v) is 4.14. The molecule has 0 unspecified atom stereocenters. The summed E-state index contributed by atoms with van der Waals surface area (Å²) >= 11 is 0. The minimum absolute atomic E-state index is 0.334. The van der Waals surface area contributed by atoms with E-state index in [0.717, 1.165) is 30.6 Å². The summed E-state index contributed by atoms with van der Waals surface area (Å²) in [5.74, 6) is -1.43. The highest BCUT2D eigenvalue weighted by Gasteiger charge is 2.54. The first-order chi connectivity index (χ1) is 10.0. The lowest BCUT2D eigenvalue weighted by atomic mass is 9.71. The Hall–Kier alpha value is -1.92. The molecule has 0 aromatic rings. The van der Waals surface area contributed by atoms with Crippen LogP contribution in [0.25, 0.3) is 0 Å². The Morgan fingerprint density at radius 3 is 2.52 bits per heavy atom. The van der Waals surface area contributed by atoms with E-state index < -0.39 is 23.3 Å². The van der Waals surface area contributed by atoms with Crippen molar-refractivity contribution in [3.05, 3.63) is 0 Å². The van der Waals surface area contributed by atoms with Crippen molar-refractivity contribution in [1.82, 2.24) is 15.5 Å². The fourth-order valence-corrected chi connectivity index (χ4v) is 2.94. The standard InChI is InChI=1S/C14H21N3O4/c1-2-8-15-10(18)9-17-12(20)14(6-4-3-5-7-14)11(19)16-13(17)21/h2-9H2,1H3,(H,15,18)(H,16,19,21). The van der Waals surface area contributed by atoms with Crippen LogP contribution in [0.5, 0.6) is 0 Å². The molecule has 1 spiro atoms. The van der Waals surface area contributed by atoms with Crippen LogP contribution >= 0.6 is 0 Å². The predicted octanol–water partition coefficient (Wildman–Crippen LogP) is 0.541. The first kappa shape index (κ1) is 15.5. The van der Waals surface area contributed by atoms with Crippen LogP contribution < -0.4 is 10.6 Å². The van der Waals surface area contributed by atoms with Gasteiger partial charge in [-0.1, -0.05) is 26.2 Å². The summed E-state index contributed by atoms with van der Waals surface area (Å²) in [6, 6.07) is -0.798. The van der Waals surface area contributed by atoms with Gasteiger partial charge in [0.25, 0.3) is 0 Å². The zero-order valence-electron chi connectivity index (χ0n) is 12.2. The maximum absolute atomic E-state index is 12.6. The van der Waals surface area contributed by atoms with E-state index >= 15 is 0 Å². The largest absolute Gasteiger partial charge is 0.355 e. The zero-order valence-corrected chi connectivity index (χ0v) is 12.2.